The van der Waals surface area contributed by atoms with E-state index in [9.17, 15) is 9.50 Å². The molecule has 102 valence electrons. The standard InChI is InChI=1S/C14H16ClFN2O/c1-2-18-7-6-17-14(18)9-10(19)8-11-12(15)4-3-5-13(11)16/h3-7,10,19H,2,8-9H2,1H3. The molecule has 0 saturated heterocycles. The molecule has 3 nitrogen and oxygen atoms in total. The molecule has 1 aromatic carbocycles. The van der Waals surface area contributed by atoms with E-state index in [4.69, 9.17) is 11.6 Å². The Morgan fingerprint density at radius 1 is 1.42 bits per heavy atom. The van der Waals surface area contributed by atoms with Crippen molar-refractivity contribution in [2.24, 2.45) is 0 Å². The lowest BCUT2D eigenvalue weighted by Gasteiger charge is -2.13. The fourth-order valence-electron chi connectivity index (χ4n) is 2.06. The van der Waals surface area contributed by atoms with E-state index in [2.05, 4.69) is 4.98 Å². The molecule has 0 aliphatic heterocycles. The van der Waals surface area contributed by atoms with Gasteiger partial charge in [0.15, 0.2) is 0 Å². The number of aryl methyl sites for hydroxylation is 1. The van der Waals surface area contributed by atoms with Gasteiger partial charge in [-0.1, -0.05) is 17.7 Å². The maximum absolute atomic E-state index is 13.6. The molecule has 0 saturated carbocycles. The highest BCUT2D eigenvalue weighted by molar-refractivity contribution is 6.31. The Morgan fingerprint density at radius 3 is 2.89 bits per heavy atom. The zero-order valence-electron chi connectivity index (χ0n) is 10.7. The Balaban J connectivity index is 2.07. The molecule has 0 aliphatic carbocycles. The zero-order valence-corrected chi connectivity index (χ0v) is 11.4. The molecule has 1 heterocycles. The molecule has 1 unspecified atom stereocenters. The molecule has 0 spiro atoms. The van der Waals surface area contributed by atoms with Crippen LogP contribution in [0.25, 0.3) is 0 Å². The van der Waals surface area contributed by atoms with Crippen molar-refractivity contribution in [2.45, 2.75) is 32.4 Å². The first-order valence-electron chi connectivity index (χ1n) is 6.22. The quantitative estimate of drug-likeness (QED) is 0.916. The van der Waals surface area contributed by atoms with Crippen LogP contribution in [0.4, 0.5) is 4.39 Å². The van der Waals surface area contributed by atoms with Crippen LogP contribution in [0.3, 0.4) is 0 Å². The van der Waals surface area contributed by atoms with E-state index in [0.717, 1.165) is 12.4 Å². The van der Waals surface area contributed by atoms with Crippen LogP contribution in [0.1, 0.15) is 18.3 Å². The summed E-state index contributed by atoms with van der Waals surface area (Å²) in [5, 5.41) is 10.4. The summed E-state index contributed by atoms with van der Waals surface area (Å²) in [5.74, 6) is 0.410. The Labute approximate surface area is 116 Å². The molecule has 2 aromatic rings. The molecule has 19 heavy (non-hydrogen) atoms. The molecule has 0 fully saturated rings. The molecule has 1 N–H and O–H groups in total. The summed E-state index contributed by atoms with van der Waals surface area (Å²) in [5.41, 5.74) is 0.353. The number of aromatic nitrogens is 2. The van der Waals surface area contributed by atoms with Gasteiger partial charge in [-0.15, -0.1) is 0 Å². The number of aliphatic hydroxyl groups is 1. The summed E-state index contributed by atoms with van der Waals surface area (Å²) in [6, 6.07) is 4.53. The number of imidazole rings is 1. The van der Waals surface area contributed by atoms with Crippen LogP contribution in [0.2, 0.25) is 5.02 Å². The maximum atomic E-state index is 13.6. The molecule has 0 aliphatic rings. The van der Waals surface area contributed by atoms with Crippen molar-refractivity contribution in [1.29, 1.82) is 0 Å². The zero-order chi connectivity index (χ0) is 13.8. The van der Waals surface area contributed by atoms with Crippen LogP contribution in [-0.2, 0) is 19.4 Å². The van der Waals surface area contributed by atoms with E-state index in [0.29, 0.717) is 17.0 Å². The van der Waals surface area contributed by atoms with Crippen molar-refractivity contribution in [3.8, 4) is 0 Å². The lowest BCUT2D eigenvalue weighted by Crippen LogP contribution is -2.18. The second-order valence-electron chi connectivity index (χ2n) is 4.39. The van der Waals surface area contributed by atoms with Crippen molar-refractivity contribution in [3.05, 3.63) is 52.8 Å². The molecule has 0 amide bonds. The first-order chi connectivity index (χ1) is 9.11. The highest BCUT2D eigenvalue weighted by Gasteiger charge is 2.15. The number of benzene rings is 1. The van der Waals surface area contributed by atoms with Gasteiger partial charge in [0, 0.05) is 42.4 Å². The number of rotatable bonds is 5. The molecule has 0 radical (unpaired) electrons. The van der Waals surface area contributed by atoms with E-state index >= 15 is 0 Å². The SMILES string of the molecule is CCn1ccnc1CC(O)Cc1c(F)cccc1Cl. The average Bonchev–Trinajstić information content (AvgIpc) is 2.81. The third kappa shape index (κ3) is 3.33. The topological polar surface area (TPSA) is 38.0 Å². The predicted molar refractivity (Wildman–Crippen MR) is 72.7 cm³/mol. The van der Waals surface area contributed by atoms with Crippen LogP contribution >= 0.6 is 11.6 Å². The average molecular weight is 283 g/mol. The number of halogens is 2. The van der Waals surface area contributed by atoms with Crippen molar-refractivity contribution in [2.75, 3.05) is 0 Å². The van der Waals surface area contributed by atoms with Crippen LogP contribution in [-0.4, -0.2) is 20.8 Å². The van der Waals surface area contributed by atoms with E-state index in [1.807, 2.05) is 17.7 Å². The van der Waals surface area contributed by atoms with Crippen LogP contribution in [0.5, 0.6) is 0 Å². The minimum Gasteiger partial charge on any atom is -0.392 e. The minimum absolute atomic E-state index is 0.183. The van der Waals surface area contributed by atoms with Gasteiger partial charge in [0.2, 0.25) is 0 Å². The van der Waals surface area contributed by atoms with E-state index in [-0.39, 0.29) is 12.2 Å². The Hall–Kier alpha value is -1.39. The van der Waals surface area contributed by atoms with Crippen molar-refractivity contribution >= 4 is 11.6 Å². The van der Waals surface area contributed by atoms with E-state index in [1.54, 1.807) is 18.3 Å². The molecular formula is C14H16ClFN2O. The van der Waals surface area contributed by atoms with Gasteiger partial charge in [0.1, 0.15) is 11.6 Å². The van der Waals surface area contributed by atoms with E-state index < -0.39 is 6.10 Å². The lowest BCUT2D eigenvalue weighted by molar-refractivity contribution is 0.170. The van der Waals surface area contributed by atoms with Gasteiger partial charge in [-0.2, -0.15) is 0 Å². The Morgan fingerprint density at radius 2 is 2.21 bits per heavy atom. The third-order valence-electron chi connectivity index (χ3n) is 3.06. The first-order valence-corrected chi connectivity index (χ1v) is 6.60. The van der Waals surface area contributed by atoms with Gasteiger partial charge < -0.3 is 9.67 Å². The summed E-state index contributed by atoms with van der Waals surface area (Å²) < 4.78 is 15.6. The monoisotopic (exact) mass is 282 g/mol. The molecule has 2 rings (SSSR count). The third-order valence-corrected chi connectivity index (χ3v) is 3.42. The van der Waals surface area contributed by atoms with Gasteiger partial charge in [-0.3, -0.25) is 0 Å². The Bertz CT molecular complexity index is 536. The number of hydrogen-bond donors (Lipinski definition) is 1. The number of nitrogens with zero attached hydrogens (tertiary/aromatic N) is 2. The van der Waals surface area contributed by atoms with Crippen molar-refractivity contribution < 1.29 is 9.50 Å². The van der Waals surface area contributed by atoms with Crippen molar-refractivity contribution in [3.63, 3.8) is 0 Å². The smallest absolute Gasteiger partial charge is 0.127 e. The van der Waals surface area contributed by atoms with Gasteiger partial charge in [-0.05, 0) is 19.1 Å². The van der Waals surface area contributed by atoms with Crippen molar-refractivity contribution in [1.82, 2.24) is 9.55 Å². The lowest BCUT2D eigenvalue weighted by atomic mass is 10.0. The molecule has 5 heteroatoms. The fraction of sp³-hybridized carbons (Fsp3) is 0.357. The molecule has 0 bridgehead atoms. The predicted octanol–water partition coefficient (Wildman–Crippen LogP) is 2.84. The summed E-state index contributed by atoms with van der Waals surface area (Å²) in [4.78, 5) is 4.19. The summed E-state index contributed by atoms with van der Waals surface area (Å²) in [6.45, 7) is 2.80. The second kappa shape index (κ2) is 6.17. The van der Waals surface area contributed by atoms with Crippen LogP contribution in [0.15, 0.2) is 30.6 Å². The van der Waals surface area contributed by atoms with Gasteiger partial charge in [0.05, 0.1) is 6.10 Å². The highest BCUT2D eigenvalue weighted by atomic mass is 35.5. The minimum atomic E-state index is -0.706. The first kappa shape index (κ1) is 14.0. The summed E-state index contributed by atoms with van der Waals surface area (Å²) in [7, 11) is 0. The highest BCUT2D eigenvalue weighted by Crippen LogP contribution is 2.21. The molecule has 1 atom stereocenters. The Kier molecular flexibility index (Phi) is 4.56. The molecule has 1 aromatic heterocycles. The van der Waals surface area contributed by atoms with Crippen LogP contribution in [0, 0.1) is 5.82 Å². The van der Waals surface area contributed by atoms with Gasteiger partial charge in [-0.25, -0.2) is 9.37 Å². The normalized spacial score (nSPS) is 12.6. The second-order valence-corrected chi connectivity index (χ2v) is 4.80. The van der Waals surface area contributed by atoms with Gasteiger partial charge >= 0.3 is 0 Å². The largest absolute Gasteiger partial charge is 0.392 e. The van der Waals surface area contributed by atoms with Gasteiger partial charge in [0.25, 0.3) is 0 Å². The maximum Gasteiger partial charge on any atom is 0.127 e. The molecular weight excluding hydrogens is 267 g/mol. The summed E-state index contributed by atoms with van der Waals surface area (Å²) in [6.07, 6.45) is 3.41. The van der Waals surface area contributed by atoms with Crippen LogP contribution < -0.4 is 0 Å². The fourth-order valence-corrected chi connectivity index (χ4v) is 2.30. The van der Waals surface area contributed by atoms with E-state index in [1.165, 1.54) is 6.07 Å². The number of aliphatic hydroxyl groups excluding tert-OH is 1. The number of hydrogen-bond acceptors (Lipinski definition) is 2. The summed E-state index contributed by atoms with van der Waals surface area (Å²) >= 11 is 5.94.